The van der Waals surface area contributed by atoms with Crippen molar-refractivity contribution in [3.8, 4) is 0 Å². The van der Waals surface area contributed by atoms with Crippen LogP contribution in [0.3, 0.4) is 0 Å². The van der Waals surface area contributed by atoms with E-state index in [1.807, 2.05) is 13.0 Å². The molecule has 1 heterocycles. The van der Waals surface area contributed by atoms with E-state index in [-0.39, 0.29) is 17.9 Å². The number of ether oxygens (including phenoxy) is 1. The van der Waals surface area contributed by atoms with E-state index in [0.717, 1.165) is 18.4 Å². The summed E-state index contributed by atoms with van der Waals surface area (Å²) in [7, 11) is 0. The highest BCUT2D eigenvalue weighted by Crippen LogP contribution is 2.16. The van der Waals surface area contributed by atoms with Gasteiger partial charge in [0.15, 0.2) is 5.69 Å². The van der Waals surface area contributed by atoms with Crippen molar-refractivity contribution in [2.75, 3.05) is 0 Å². The molecule has 0 saturated carbocycles. The Labute approximate surface area is 156 Å². The molecule has 0 saturated heterocycles. The zero-order valence-electron chi connectivity index (χ0n) is 14.4. The number of aryl methyl sites for hydroxylation is 1. The number of nitrogens with zero attached hydrogens (tertiary/aromatic N) is 2. The zero-order valence-corrected chi connectivity index (χ0v) is 15.2. The van der Waals surface area contributed by atoms with E-state index >= 15 is 0 Å². The Morgan fingerprint density at radius 2 is 1.92 bits per heavy atom. The molecule has 3 rings (SSSR count). The van der Waals surface area contributed by atoms with Gasteiger partial charge in [0, 0.05) is 17.0 Å². The Bertz CT molecular complexity index is 998. The van der Waals surface area contributed by atoms with Gasteiger partial charge in [-0.3, -0.25) is 4.79 Å². The molecule has 134 valence electrons. The Balaban J connectivity index is 1.93. The van der Waals surface area contributed by atoms with Crippen LogP contribution < -0.4 is 5.56 Å². The van der Waals surface area contributed by atoms with Crippen LogP contribution in [0.5, 0.6) is 0 Å². The summed E-state index contributed by atoms with van der Waals surface area (Å²) in [5.74, 6) is -0.563. The van der Waals surface area contributed by atoms with E-state index < -0.39 is 5.97 Å². The standard InChI is InChI=1S/C20H19ClN2O3/c1-2-3-11-23-19(24)17-10-5-4-9-16(17)18(22-23)20(25)26-13-14-7-6-8-15(21)12-14/h4-10,12H,2-3,11,13H2,1H3. The van der Waals surface area contributed by atoms with Gasteiger partial charge in [-0.1, -0.05) is 55.3 Å². The zero-order chi connectivity index (χ0) is 18.5. The number of hydrogen-bond donors (Lipinski definition) is 0. The maximum Gasteiger partial charge on any atom is 0.359 e. The molecule has 1 aromatic heterocycles. The van der Waals surface area contributed by atoms with Gasteiger partial charge in [0.2, 0.25) is 0 Å². The first kappa shape index (κ1) is 18.1. The number of fused-ring (bicyclic) bond motifs is 1. The van der Waals surface area contributed by atoms with Crippen LogP contribution in [0.1, 0.15) is 35.8 Å². The van der Waals surface area contributed by atoms with Crippen molar-refractivity contribution in [1.82, 2.24) is 9.78 Å². The molecule has 0 amide bonds. The molecule has 0 aliphatic heterocycles. The fraction of sp³-hybridized carbons (Fsp3) is 0.250. The largest absolute Gasteiger partial charge is 0.456 e. The molecule has 0 atom stereocenters. The molecule has 0 bridgehead atoms. The van der Waals surface area contributed by atoms with Crippen molar-refractivity contribution in [3.63, 3.8) is 0 Å². The number of benzene rings is 2. The number of carbonyl (C=O) groups is 1. The van der Waals surface area contributed by atoms with Gasteiger partial charge in [-0.25, -0.2) is 9.48 Å². The highest BCUT2D eigenvalue weighted by atomic mass is 35.5. The number of esters is 1. The van der Waals surface area contributed by atoms with Crippen molar-refractivity contribution in [1.29, 1.82) is 0 Å². The van der Waals surface area contributed by atoms with Crippen LogP contribution in [-0.2, 0) is 17.9 Å². The molecule has 0 aliphatic carbocycles. The van der Waals surface area contributed by atoms with Crippen LogP contribution >= 0.6 is 11.6 Å². The second-order valence-electron chi connectivity index (χ2n) is 5.98. The van der Waals surface area contributed by atoms with Crippen LogP contribution in [0.4, 0.5) is 0 Å². The topological polar surface area (TPSA) is 61.2 Å². The lowest BCUT2D eigenvalue weighted by atomic mass is 10.1. The van der Waals surface area contributed by atoms with Crippen LogP contribution in [0.15, 0.2) is 53.3 Å². The van der Waals surface area contributed by atoms with E-state index in [9.17, 15) is 9.59 Å². The average Bonchev–Trinajstić information content (AvgIpc) is 2.66. The second-order valence-corrected chi connectivity index (χ2v) is 6.42. The van der Waals surface area contributed by atoms with Gasteiger partial charge in [0.25, 0.3) is 5.56 Å². The van der Waals surface area contributed by atoms with E-state index in [2.05, 4.69) is 5.10 Å². The molecular formula is C20H19ClN2O3. The maximum atomic E-state index is 12.6. The fourth-order valence-electron chi connectivity index (χ4n) is 2.69. The Morgan fingerprint density at radius 3 is 2.65 bits per heavy atom. The molecule has 5 nitrogen and oxygen atoms in total. The minimum absolute atomic E-state index is 0.0868. The lowest BCUT2D eigenvalue weighted by molar-refractivity contribution is 0.0465. The summed E-state index contributed by atoms with van der Waals surface area (Å²) in [6.45, 7) is 2.59. The Kier molecular flexibility index (Phi) is 5.68. The Hall–Kier alpha value is -2.66. The predicted octanol–water partition coefficient (Wildman–Crippen LogP) is 4.21. The maximum absolute atomic E-state index is 12.6. The highest BCUT2D eigenvalue weighted by molar-refractivity contribution is 6.30. The van der Waals surface area contributed by atoms with Crippen molar-refractivity contribution < 1.29 is 9.53 Å². The summed E-state index contributed by atoms with van der Waals surface area (Å²) >= 11 is 5.95. The number of rotatable bonds is 6. The number of unbranched alkanes of at least 4 members (excludes halogenated alkanes) is 1. The summed E-state index contributed by atoms with van der Waals surface area (Å²) in [6.07, 6.45) is 1.73. The van der Waals surface area contributed by atoms with E-state index in [1.54, 1.807) is 42.5 Å². The van der Waals surface area contributed by atoms with Gasteiger partial charge < -0.3 is 4.74 Å². The molecule has 0 unspecified atom stereocenters. The number of halogens is 1. The minimum Gasteiger partial charge on any atom is -0.456 e. The van der Waals surface area contributed by atoms with Crippen LogP contribution in [0, 0.1) is 0 Å². The first-order valence-corrected chi connectivity index (χ1v) is 8.89. The van der Waals surface area contributed by atoms with Gasteiger partial charge in [-0.2, -0.15) is 5.10 Å². The quantitative estimate of drug-likeness (QED) is 0.610. The number of hydrogen-bond acceptors (Lipinski definition) is 4. The highest BCUT2D eigenvalue weighted by Gasteiger charge is 2.18. The molecule has 3 aromatic rings. The normalized spacial score (nSPS) is 10.8. The number of aromatic nitrogens is 2. The summed E-state index contributed by atoms with van der Waals surface area (Å²) < 4.78 is 6.75. The second kappa shape index (κ2) is 8.15. The molecule has 0 N–H and O–H groups in total. The van der Waals surface area contributed by atoms with Crippen LogP contribution in [0.25, 0.3) is 10.8 Å². The van der Waals surface area contributed by atoms with Crippen molar-refractivity contribution >= 4 is 28.3 Å². The fourth-order valence-corrected chi connectivity index (χ4v) is 2.90. The van der Waals surface area contributed by atoms with Gasteiger partial charge in [-0.15, -0.1) is 0 Å². The van der Waals surface area contributed by atoms with Crippen molar-refractivity contribution in [2.45, 2.75) is 32.9 Å². The van der Waals surface area contributed by atoms with E-state index in [1.165, 1.54) is 4.68 Å². The lowest BCUT2D eigenvalue weighted by Crippen LogP contribution is -2.26. The monoisotopic (exact) mass is 370 g/mol. The molecule has 6 heteroatoms. The third kappa shape index (κ3) is 3.94. The third-order valence-electron chi connectivity index (χ3n) is 4.04. The number of carbonyl (C=O) groups excluding carboxylic acids is 1. The van der Waals surface area contributed by atoms with Crippen LogP contribution in [0.2, 0.25) is 5.02 Å². The molecule has 0 radical (unpaired) electrons. The Morgan fingerprint density at radius 1 is 1.15 bits per heavy atom. The summed E-state index contributed by atoms with van der Waals surface area (Å²) in [6, 6.07) is 14.1. The first-order valence-electron chi connectivity index (χ1n) is 8.51. The van der Waals surface area contributed by atoms with Crippen molar-refractivity contribution in [3.05, 3.63) is 75.2 Å². The van der Waals surface area contributed by atoms with Crippen molar-refractivity contribution in [2.24, 2.45) is 0 Å². The summed E-state index contributed by atoms with van der Waals surface area (Å²) in [5, 5.41) is 5.82. The minimum atomic E-state index is -0.563. The van der Waals surface area contributed by atoms with Gasteiger partial charge in [0.05, 0.1) is 5.39 Å². The predicted molar refractivity (Wildman–Crippen MR) is 101 cm³/mol. The van der Waals surface area contributed by atoms with E-state index in [0.29, 0.717) is 22.3 Å². The third-order valence-corrected chi connectivity index (χ3v) is 4.28. The molecule has 0 spiro atoms. The van der Waals surface area contributed by atoms with Crippen LogP contribution in [-0.4, -0.2) is 15.7 Å². The molecule has 0 fully saturated rings. The van der Waals surface area contributed by atoms with E-state index in [4.69, 9.17) is 16.3 Å². The van der Waals surface area contributed by atoms with Gasteiger partial charge in [-0.05, 0) is 30.2 Å². The first-order chi connectivity index (χ1) is 12.6. The van der Waals surface area contributed by atoms with Gasteiger partial charge >= 0.3 is 5.97 Å². The molecule has 26 heavy (non-hydrogen) atoms. The average molecular weight is 371 g/mol. The molecular weight excluding hydrogens is 352 g/mol. The summed E-state index contributed by atoms with van der Waals surface area (Å²) in [4.78, 5) is 25.2. The lowest BCUT2D eigenvalue weighted by Gasteiger charge is -2.11. The van der Waals surface area contributed by atoms with Gasteiger partial charge in [0.1, 0.15) is 6.61 Å². The summed E-state index contributed by atoms with van der Waals surface area (Å²) in [5.41, 5.74) is 0.744. The molecule has 2 aromatic carbocycles. The SMILES string of the molecule is CCCCn1nc(C(=O)OCc2cccc(Cl)c2)c2ccccc2c1=O. The molecule has 0 aliphatic rings. The smallest absolute Gasteiger partial charge is 0.359 e.